The number of nitrogens with zero attached hydrogens (tertiary/aromatic N) is 3. The van der Waals surface area contributed by atoms with Crippen LogP contribution in [-0.2, 0) is 22.1 Å². The molecule has 2 rings (SSSR count). The topological polar surface area (TPSA) is 122 Å². The lowest BCUT2D eigenvalue weighted by atomic mass is 10.2. The number of aromatic nitrogens is 3. The van der Waals surface area contributed by atoms with Crippen LogP contribution in [0.5, 0.6) is 0 Å². The molecule has 0 aliphatic rings. The quantitative estimate of drug-likeness (QED) is 0.318. The lowest BCUT2D eigenvalue weighted by Crippen LogP contribution is -3.00. The van der Waals surface area contributed by atoms with E-state index in [1.165, 1.54) is 11.3 Å². The van der Waals surface area contributed by atoms with Crippen LogP contribution >= 0.6 is 19.2 Å². The smallest absolute Gasteiger partial charge is 0.469 e. The van der Waals surface area contributed by atoms with E-state index in [0.717, 1.165) is 16.1 Å². The van der Waals surface area contributed by atoms with Gasteiger partial charge in [0, 0.05) is 19.5 Å². The van der Waals surface area contributed by atoms with Crippen LogP contribution in [0.2, 0.25) is 0 Å². The maximum absolute atomic E-state index is 10.7. The third-order valence-electron chi connectivity index (χ3n) is 3.10. The highest BCUT2D eigenvalue weighted by Gasteiger charge is 2.19. The number of anilines is 1. The molecule has 0 spiro atoms. The standard InChI is InChI=1S/C12H17N4O4PS.2ClH/c1-8-11(3-4-20-21(17,18)19)22-7-16(8)6-10-5-14-9(2)15-12(10)13;;/h5,7H,3-4,6H2,1-2H3,(H3-,13,14,15,17,18,19);2*1H/p-1. The van der Waals surface area contributed by atoms with Gasteiger partial charge >= 0.3 is 7.82 Å². The summed E-state index contributed by atoms with van der Waals surface area (Å²) in [6.07, 6.45) is 2.15. The van der Waals surface area contributed by atoms with Gasteiger partial charge in [0.05, 0.1) is 17.0 Å². The summed E-state index contributed by atoms with van der Waals surface area (Å²) in [6, 6.07) is 0. The van der Waals surface area contributed by atoms with Crippen LogP contribution in [0.3, 0.4) is 0 Å². The molecule has 8 nitrogen and oxygen atoms in total. The zero-order valence-electron chi connectivity index (χ0n) is 13.0. The number of aryl methyl sites for hydroxylation is 1. The molecule has 0 unspecified atom stereocenters. The molecule has 0 aliphatic carbocycles. The first-order valence-corrected chi connectivity index (χ1v) is 8.92. The summed E-state index contributed by atoms with van der Waals surface area (Å²) in [7, 11) is -4.41. The molecule has 0 atom stereocenters. The monoisotopic (exact) mass is 415 g/mol. The summed E-state index contributed by atoms with van der Waals surface area (Å²) in [5.41, 5.74) is 9.65. The number of phosphoric ester groups is 1. The third kappa shape index (κ3) is 6.60. The number of halogens is 2. The molecule has 2 aromatic rings. The van der Waals surface area contributed by atoms with Gasteiger partial charge in [0.25, 0.3) is 0 Å². The molecule has 0 radical (unpaired) electrons. The lowest BCUT2D eigenvalue weighted by molar-refractivity contribution is -0.689. The number of nitrogen functional groups attached to an aromatic ring is 1. The van der Waals surface area contributed by atoms with Crippen molar-refractivity contribution in [2.24, 2.45) is 0 Å². The van der Waals surface area contributed by atoms with Gasteiger partial charge in [0.15, 0.2) is 12.2 Å². The van der Waals surface area contributed by atoms with Crippen molar-refractivity contribution in [2.75, 3.05) is 12.3 Å². The summed E-state index contributed by atoms with van der Waals surface area (Å²) >= 11 is 1.50. The van der Waals surface area contributed by atoms with E-state index in [4.69, 9.17) is 15.5 Å². The zero-order valence-corrected chi connectivity index (χ0v) is 16.2. The van der Waals surface area contributed by atoms with Gasteiger partial charge in [-0.2, -0.15) is 4.57 Å². The fraction of sp³-hybridized carbons (Fsp3) is 0.417. The maximum atomic E-state index is 10.7. The number of nitrogens with two attached hydrogens (primary N) is 1. The molecule has 0 aliphatic heterocycles. The molecular weight excluding hydrogens is 398 g/mol. The van der Waals surface area contributed by atoms with Crippen molar-refractivity contribution in [3.05, 3.63) is 33.7 Å². The molecule has 0 amide bonds. The summed E-state index contributed by atoms with van der Waals surface area (Å²) in [5, 5.41) is 0. The van der Waals surface area contributed by atoms with Crippen LogP contribution in [0, 0.1) is 13.8 Å². The van der Waals surface area contributed by atoms with Gasteiger partial charge in [-0.15, -0.1) is 0 Å². The maximum Gasteiger partial charge on any atom is 0.469 e. The Morgan fingerprint density at radius 2 is 2.04 bits per heavy atom. The molecule has 2 aromatic heterocycles. The largest absolute Gasteiger partial charge is 1.00 e. The molecule has 0 bridgehead atoms. The fourth-order valence-corrected chi connectivity index (χ4v) is 3.23. The van der Waals surface area contributed by atoms with E-state index in [1.54, 1.807) is 13.1 Å². The first-order valence-electron chi connectivity index (χ1n) is 6.51. The van der Waals surface area contributed by atoms with Crippen LogP contribution in [0.15, 0.2) is 11.7 Å². The molecular formula is C12H18Cl2N4O4PS-. The van der Waals surface area contributed by atoms with Gasteiger partial charge in [-0.05, 0) is 6.92 Å². The molecule has 4 N–H and O–H groups in total. The van der Waals surface area contributed by atoms with Gasteiger partial charge in [0.1, 0.15) is 11.6 Å². The Hall–Kier alpha value is -0.800. The van der Waals surface area contributed by atoms with E-state index >= 15 is 0 Å². The van der Waals surface area contributed by atoms with Gasteiger partial charge < -0.3 is 40.3 Å². The molecule has 0 fully saturated rings. The van der Waals surface area contributed by atoms with Crippen LogP contribution in [-0.4, -0.2) is 26.4 Å². The molecule has 12 heteroatoms. The zero-order chi connectivity index (χ0) is 16.3. The third-order valence-corrected chi connectivity index (χ3v) is 4.77. The predicted octanol–water partition coefficient (Wildman–Crippen LogP) is -5.27. The average molecular weight is 416 g/mol. The van der Waals surface area contributed by atoms with Crippen molar-refractivity contribution >= 4 is 25.0 Å². The Morgan fingerprint density at radius 1 is 1.38 bits per heavy atom. The molecule has 24 heavy (non-hydrogen) atoms. The predicted molar refractivity (Wildman–Crippen MR) is 81.2 cm³/mol. The first kappa shape index (κ1) is 23.2. The Balaban J connectivity index is 0.00000264. The van der Waals surface area contributed by atoms with E-state index < -0.39 is 7.82 Å². The Labute approximate surface area is 156 Å². The molecule has 0 aromatic carbocycles. The van der Waals surface area contributed by atoms with Gasteiger partial charge in [-0.3, -0.25) is 4.52 Å². The van der Waals surface area contributed by atoms with E-state index in [2.05, 4.69) is 14.5 Å². The van der Waals surface area contributed by atoms with Crippen LogP contribution in [0.25, 0.3) is 0 Å². The van der Waals surface area contributed by atoms with Crippen molar-refractivity contribution in [1.29, 1.82) is 0 Å². The van der Waals surface area contributed by atoms with Gasteiger partial charge in [-0.1, -0.05) is 11.3 Å². The molecule has 0 saturated carbocycles. The molecule has 0 saturated heterocycles. The highest BCUT2D eigenvalue weighted by atomic mass is 35.5. The van der Waals surface area contributed by atoms with E-state index in [-0.39, 0.29) is 31.4 Å². The summed E-state index contributed by atoms with van der Waals surface area (Å²) in [4.78, 5) is 26.6. The van der Waals surface area contributed by atoms with Crippen molar-refractivity contribution in [1.82, 2.24) is 9.97 Å². The number of hydrogen-bond acceptors (Lipinski definition) is 6. The van der Waals surface area contributed by atoms with Crippen LogP contribution in [0.4, 0.5) is 5.82 Å². The average Bonchev–Trinajstić information content (AvgIpc) is 2.73. The second-order valence-electron chi connectivity index (χ2n) is 4.76. The number of thiazole rings is 1. The molecule has 2 heterocycles. The summed E-state index contributed by atoms with van der Waals surface area (Å²) in [5.74, 6) is 1.08. The number of phosphoric acid groups is 1. The van der Waals surface area contributed by atoms with Crippen molar-refractivity contribution in [3.8, 4) is 0 Å². The minimum absolute atomic E-state index is 0. The minimum Gasteiger partial charge on any atom is -1.00 e. The van der Waals surface area contributed by atoms with Crippen LogP contribution < -0.4 is 35.1 Å². The second-order valence-corrected chi connectivity index (χ2v) is 6.94. The Bertz CT molecular complexity index is 725. The minimum atomic E-state index is -4.41. The SMILES string of the molecule is Cc1ncc(C[n+]2csc(CCOP(=O)(O)O)c2C)c(N)n1.[Cl-].[Cl-]. The van der Waals surface area contributed by atoms with Crippen molar-refractivity contribution in [3.63, 3.8) is 0 Å². The summed E-state index contributed by atoms with van der Waals surface area (Å²) in [6.45, 7) is 4.24. The summed E-state index contributed by atoms with van der Waals surface area (Å²) < 4.78 is 17.1. The van der Waals surface area contributed by atoms with E-state index in [9.17, 15) is 4.57 Å². The van der Waals surface area contributed by atoms with E-state index in [0.29, 0.717) is 24.6 Å². The van der Waals surface area contributed by atoms with Crippen LogP contribution in [0.1, 0.15) is 22.0 Å². The first-order chi connectivity index (χ1) is 10.3. The second kappa shape index (κ2) is 9.62. The highest BCUT2D eigenvalue weighted by molar-refractivity contribution is 7.46. The van der Waals surface area contributed by atoms with E-state index in [1.807, 2.05) is 17.0 Å². The fourth-order valence-electron chi connectivity index (χ4n) is 1.92. The van der Waals surface area contributed by atoms with Crippen molar-refractivity contribution < 1.29 is 48.3 Å². The Kier molecular flexibility index (Phi) is 9.30. The lowest BCUT2D eigenvalue weighted by Gasteiger charge is -2.04. The van der Waals surface area contributed by atoms with Gasteiger partial charge in [-0.25, -0.2) is 14.5 Å². The van der Waals surface area contributed by atoms with Crippen molar-refractivity contribution in [2.45, 2.75) is 26.8 Å². The van der Waals surface area contributed by atoms with Gasteiger partial charge in [0.2, 0.25) is 5.51 Å². The normalized spacial score (nSPS) is 10.8. The molecule has 136 valence electrons. The Morgan fingerprint density at radius 3 is 2.62 bits per heavy atom. The highest BCUT2D eigenvalue weighted by Crippen LogP contribution is 2.35. The number of hydrogen-bond donors (Lipinski definition) is 3. The number of rotatable bonds is 6.